The van der Waals surface area contributed by atoms with Crippen LogP contribution in [0, 0.1) is 5.82 Å². The Morgan fingerprint density at radius 2 is 1.89 bits per heavy atom. The Kier molecular flexibility index (Phi) is 4.08. The number of nitrogens with zero attached hydrogens (tertiary/aromatic N) is 4. The van der Waals surface area contributed by atoms with Crippen LogP contribution in [0.3, 0.4) is 0 Å². The molecule has 1 aromatic carbocycles. The van der Waals surface area contributed by atoms with Crippen LogP contribution < -0.4 is 5.32 Å². The summed E-state index contributed by atoms with van der Waals surface area (Å²) in [4.78, 5) is 12.2. The van der Waals surface area contributed by atoms with Crippen molar-refractivity contribution in [1.82, 2.24) is 19.5 Å². The fourth-order valence-electron chi connectivity index (χ4n) is 2.63. The first-order valence-corrected chi connectivity index (χ1v) is 9.43. The maximum absolute atomic E-state index is 13.1. The monoisotopic (exact) mass is 383 g/mol. The highest BCUT2D eigenvalue weighted by atomic mass is 32.2. The van der Waals surface area contributed by atoms with Crippen molar-refractivity contribution in [2.45, 2.75) is 10.1 Å². The highest BCUT2D eigenvalue weighted by molar-refractivity contribution is 7.91. The van der Waals surface area contributed by atoms with Crippen molar-refractivity contribution in [3.05, 3.63) is 67.0 Å². The molecule has 0 aliphatic heterocycles. The summed E-state index contributed by atoms with van der Waals surface area (Å²) in [7, 11) is -2.19. The van der Waals surface area contributed by atoms with E-state index in [-0.39, 0.29) is 10.1 Å². The van der Waals surface area contributed by atoms with Crippen LogP contribution in [0.4, 0.5) is 16.0 Å². The highest BCUT2D eigenvalue weighted by Gasteiger charge is 2.23. The number of aromatic nitrogens is 4. The molecule has 9 heteroatoms. The van der Waals surface area contributed by atoms with E-state index in [1.165, 1.54) is 6.07 Å². The van der Waals surface area contributed by atoms with Gasteiger partial charge >= 0.3 is 0 Å². The Balaban J connectivity index is 1.87. The minimum absolute atomic E-state index is 0.182. The van der Waals surface area contributed by atoms with E-state index in [0.29, 0.717) is 17.0 Å². The molecule has 27 heavy (non-hydrogen) atoms. The first-order chi connectivity index (χ1) is 12.9. The van der Waals surface area contributed by atoms with E-state index in [1.807, 2.05) is 19.2 Å². The fourth-order valence-corrected chi connectivity index (χ4v) is 3.78. The third-order valence-electron chi connectivity index (χ3n) is 3.92. The molecule has 0 unspecified atom stereocenters. The Morgan fingerprint density at radius 3 is 2.59 bits per heavy atom. The SMILES string of the molecule is Cn1cnc(Nc2nc(S(=O)(=O)c3ccc(F)cn3)cc3ccccc23)c1. The number of hydrogen-bond acceptors (Lipinski definition) is 6. The number of halogens is 1. The smallest absolute Gasteiger partial charge is 0.241 e. The second kappa shape index (κ2) is 6.44. The Morgan fingerprint density at radius 1 is 1.07 bits per heavy atom. The molecule has 4 aromatic rings. The molecular formula is C18H14FN5O2S. The van der Waals surface area contributed by atoms with E-state index in [4.69, 9.17) is 0 Å². The molecule has 0 aliphatic carbocycles. The quantitative estimate of drug-likeness (QED) is 0.582. The van der Waals surface area contributed by atoms with Crippen molar-refractivity contribution < 1.29 is 12.8 Å². The number of hydrogen-bond donors (Lipinski definition) is 1. The first kappa shape index (κ1) is 17.1. The molecule has 0 saturated heterocycles. The van der Waals surface area contributed by atoms with Crippen LogP contribution in [0.1, 0.15) is 0 Å². The zero-order chi connectivity index (χ0) is 19.0. The molecule has 0 aliphatic rings. The lowest BCUT2D eigenvalue weighted by Gasteiger charge is -2.10. The van der Waals surface area contributed by atoms with E-state index in [1.54, 1.807) is 29.2 Å². The van der Waals surface area contributed by atoms with Crippen molar-refractivity contribution in [2.75, 3.05) is 5.32 Å². The van der Waals surface area contributed by atoms with Crippen LogP contribution in [0.2, 0.25) is 0 Å². The van der Waals surface area contributed by atoms with Crippen LogP contribution >= 0.6 is 0 Å². The van der Waals surface area contributed by atoms with Crippen molar-refractivity contribution >= 4 is 32.2 Å². The number of rotatable bonds is 4. The predicted molar refractivity (Wildman–Crippen MR) is 97.9 cm³/mol. The number of sulfone groups is 1. The van der Waals surface area contributed by atoms with Crippen molar-refractivity contribution in [2.24, 2.45) is 7.05 Å². The molecule has 3 heterocycles. The van der Waals surface area contributed by atoms with Gasteiger partial charge in [0.2, 0.25) is 9.84 Å². The van der Waals surface area contributed by atoms with Crippen LogP contribution in [-0.4, -0.2) is 27.9 Å². The van der Waals surface area contributed by atoms with Crippen molar-refractivity contribution in [3.8, 4) is 0 Å². The zero-order valence-electron chi connectivity index (χ0n) is 14.2. The van der Waals surface area contributed by atoms with Gasteiger partial charge in [-0.2, -0.15) is 0 Å². The maximum atomic E-state index is 13.1. The summed E-state index contributed by atoms with van der Waals surface area (Å²) in [6, 6.07) is 10.9. The Bertz CT molecular complexity index is 1240. The summed E-state index contributed by atoms with van der Waals surface area (Å²) in [6.45, 7) is 0. The molecule has 136 valence electrons. The van der Waals surface area contributed by atoms with E-state index >= 15 is 0 Å². The van der Waals surface area contributed by atoms with Gasteiger partial charge < -0.3 is 9.88 Å². The lowest BCUT2D eigenvalue weighted by atomic mass is 10.1. The Hall–Kier alpha value is -3.33. The number of pyridine rings is 2. The van der Waals surface area contributed by atoms with Crippen LogP contribution in [0.5, 0.6) is 0 Å². The average Bonchev–Trinajstić information content (AvgIpc) is 3.07. The van der Waals surface area contributed by atoms with Gasteiger partial charge in [0.25, 0.3) is 0 Å². The molecule has 0 fully saturated rings. The van der Waals surface area contributed by atoms with E-state index < -0.39 is 15.7 Å². The molecule has 7 nitrogen and oxygen atoms in total. The minimum atomic E-state index is -4.01. The molecule has 0 atom stereocenters. The molecule has 0 amide bonds. The molecule has 3 aromatic heterocycles. The van der Waals surface area contributed by atoms with Gasteiger partial charge in [0.15, 0.2) is 10.1 Å². The second-order valence-electron chi connectivity index (χ2n) is 5.90. The topological polar surface area (TPSA) is 89.8 Å². The van der Waals surface area contributed by atoms with Gasteiger partial charge in [0.1, 0.15) is 17.5 Å². The normalized spacial score (nSPS) is 11.6. The van der Waals surface area contributed by atoms with Gasteiger partial charge in [0, 0.05) is 18.6 Å². The summed E-state index contributed by atoms with van der Waals surface area (Å²) in [6.07, 6.45) is 4.23. The first-order valence-electron chi connectivity index (χ1n) is 7.95. The fraction of sp³-hybridized carbons (Fsp3) is 0.0556. The summed E-state index contributed by atoms with van der Waals surface area (Å²) in [5.74, 6) is 0.273. The van der Waals surface area contributed by atoms with Crippen LogP contribution in [0.25, 0.3) is 10.8 Å². The van der Waals surface area contributed by atoms with E-state index in [0.717, 1.165) is 23.7 Å². The third-order valence-corrected chi connectivity index (χ3v) is 5.47. The van der Waals surface area contributed by atoms with E-state index in [2.05, 4.69) is 20.3 Å². The zero-order valence-corrected chi connectivity index (χ0v) is 15.0. The largest absolute Gasteiger partial charge is 0.338 e. The Labute approximate surface area is 154 Å². The van der Waals surface area contributed by atoms with Crippen molar-refractivity contribution in [1.29, 1.82) is 0 Å². The number of benzene rings is 1. The number of fused-ring (bicyclic) bond motifs is 1. The molecule has 4 rings (SSSR count). The summed E-state index contributed by atoms with van der Waals surface area (Å²) in [5, 5.41) is 4.03. The maximum Gasteiger partial charge on any atom is 0.241 e. The molecule has 0 bridgehead atoms. The van der Waals surface area contributed by atoms with Gasteiger partial charge in [0.05, 0.1) is 12.5 Å². The number of nitrogens with one attached hydrogen (secondary N) is 1. The summed E-state index contributed by atoms with van der Waals surface area (Å²) >= 11 is 0. The van der Waals surface area contributed by atoms with Gasteiger partial charge in [-0.25, -0.2) is 27.8 Å². The predicted octanol–water partition coefficient (Wildman–Crippen LogP) is 3.08. The summed E-state index contributed by atoms with van der Waals surface area (Å²) in [5.41, 5.74) is 0. The molecule has 0 saturated carbocycles. The average molecular weight is 383 g/mol. The summed E-state index contributed by atoms with van der Waals surface area (Å²) < 4.78 is 40.7. The van der Waals surface area contributed by atoms with Crippen LogP contribution in [-0.2, 0) is 16.9 Å². The molecule has 1 N–H and O–H groups in total. The van der Waals surface area contributed by atoms with Crippen LogP contribution in [0.15, 0.2) is 71.2 Å². The second-order valence-corrected chi connectivity index (χ2v) is 7.74. The highest BCUT2D eigenvalue weighted by Crippen LogP contribution is 2.28. The lowest BCUT2D eigenvalue weighted by molar-refractivity contribution is 0.585. The molecule has 0 spiro atoms. The van der Waals surface area contributed by atoms with Gasteiger partial charge in [-0.1, -0.05) is 24.3 Å². The molecular weight excluding hydrogens is 369 g/mol. The van der Waals surface area contributed by atoms with Gasteiger partial charge in [-0.15, -0.1) is 0 Å². The third kappa shape index (κ3) is 3.24. The number of anilines is 2. The van der Waals surface area contributed by atoms with Gasteiger partial charge in [-0.05, 0) is 23.6 Å². The lowest BCUT2D eigenvalue weighted by Crippen LogP contribution is -2.08. The van der Waals surface area contributed by atoms with E-state index in [9.17, 15) is 12.8 Å². The number of imidazole rings is 1. The number of aryl methyl sites for hydroxylation is 1. The van der Waals surface area contributed by atoms with Gasteiger partial charge in [-0.3, -0.25) is 0 Å². The van der Waals surface area contributed by atoms with Crippen molar-refractivity contribution in [3.63, 3.8) is 0 Å². The standard InChI is InChI=1S/C18H14FN5O2S/c1-24-10-15(21-11-24)22-18-14-5-3-2-4-12(14)8-17(23-18)27(25,26)16-7-6-13(19)9-20-16/h2-11H,1H3,(H,22,23). The molecule has 0 radical (unpaired) electrons. The minimum Gasteiger partial charge on any atom is -0.338 e.